The fourth-order valence-corrected chi connectivity index (χ4v) is 8.29. The van der Waals surface area contributed by atoms with Crippen molar-refractivity contribution in [2.24, 2.45) is 16.7 Å². The first-order chi connectivity index (χ1) is 20.9. The number of carbonyl (C=O) groups excluding carboxylic acids is 3. The largest absolute Gasteiger partial charge is 0.395 e. The molecule has 0 aromatic heterocycles. The lowest BCUT2D eigenvalue weighted by molar-refractivity contribution is -0.840. The van der Waals surface area contributed by atoms with Crippen molar-refractivity contribution in [1.82, 2.24) is 15.1 Å². The van der Waals surface area contributed by atoms with Gasteiger partial charge < -0.3 is 15.3 Å². The first kappa shape index (κ1) is 38.7. The summed E-state index contributed by atoms with van der Waals surface area (Å²) in [5.74, 6) is -0.679. The summed E-state index contributed by atoms with van der Waals surface area (Å²) >= 11 is 6.75. The van der Waals surface area contributed by atoms with E-state index in [0.29, 0.717) is 37.6 Å². The average molecular weight is 683 g/mol. The molecule has 1 aliphatic carbocycles. The van der Waals surface area contributed by atoms with Crippen LogP contribution in [0.1, 0.15) is 99.0 Å². The molecule has 8 nitrogen and oxygen atoms in total. The Balaban J connectivity index is 0.00000576. The third-order valence-electron chi connectivity index (χ3n) is 11.1. The minimum Gasteiger partial charge on any atom is -0.395 e. The average Bonchev–Trinajstić information content (AvgIpc) is 3.57. The highest BCUT2D eigenvalue weighted by atomic mass is 35.5. The van der Waals surface area contributed by atoms with Crippen molar-refractivity contribution >= 4 is 41.7 Å². The molecule has 2 heterocycles. The van der Waals surface area contributed by atoms with Crippen LogP contribution in [0.25, 0.3) is 0 Å². The highest BCUT2D eigenvalue weighted by molar-refractivity contribution is 6.31. The Morgan fingerprint density at radius 2 is 1.67 bits per heavy atom. The maximum atomic E-state index is 15.1. The van der Waals surface area contributed by atoms with Gasteiger partial charge in [0.1, 0.15) is 6.54 Å². The van der Waals surface area contributed by atoms with Crippen LogP contribution in [0.2, 0.25) is 5.02 Å². The third kappa shape index (κ3) is 7.78. The van der Waals surface area contributed by atoms with Gasteiger partial charge in [0.2, 0.25) is 5.91 Å². The van der Waals surface area contributed by atoms with Crippen LogP contribution in [0.4, 0.5) is 0 Å². The number of quaternary nitrogens is 1. The molecule has 5 atom stereocenters. The van der Waals surface area contributed by atoms with E-state index in [1.807, 2.05) is 43.1 Å². The Labute approximate surface area is 288 Å². The lowest BCUT2D eigenvalue weighted by Gasteiger charge is -2.45. The molecule has 1 unspecified atom stereocenters. The minimum atomic E-state index is -0.960. The number of nitrogens with zero attached hydrogens (tertiary/aromatic N) is 3. The monoisotopic (exact) mass is 681 g/mol. The van der Waals surface area contributed by atoms with Crippen LogP contribution in [0.3, 0.4) is 0 Å². The molecular weight excluding hydrogens is 623 g/mol. The van der Waals surface area contributed by atoms with Crippen LogP contribution in [0.15, 0.2) is 24.3 Å². The van der Waals surface area contributed by atoms with Crippen molar-refractivity contribution in [3.8, 4) is 0 Å². The number of hydrogen-bond donors (Lipinski definition) is 2. The third-order valence-corrected chi connectivity index (χ3v) is 11.5. The molecule has 1 aromatic rings. The highest BCUT2D eigenvalue weighted by Crippen LogP contribution is 2.45. The van der Waals surface area contributed by atoms with Gasteiger partial charge in [-0.2, -0.15) is 0 Å². The SMILES string of the molecule is CCNC(=O)[C@@H]1C[C@H](N(C(=O)C(C)(C)CO)C2CCC(C)(C)CC2)C[N+]1(C)C(=O)[C@@H]1CN(C(C)(C)C)C[C@H]1c1ccccc1Cl.Cl. The summed E-state index contributed by atoms with van der Waals surface area (Å²) in [5.41, 5.74) is 0.0745. The van der Waals surface area contributed by atoms with Crippen molar-refractivity contribution in [3.05, 3.63) is 34.9 Å². The van der Waals surface area contributed by atoms with Crippen LogP contribution in [-0.2, 0) is 14.4 Å². The van der Waals surface area contributed by atoms with E-state index in [4.69, 9.17) is 11.6 Å². The summed E-state index contributed by atoms with van der Waals surface area (Å²) in [6.07, 6.45) is 4.16. The van der Waals surface area contributed by atoms with E-state index >= 15 is 4.79 Å². The van der Waals surface area contributed by atoms with Gasteiger partial charge in [-0.15, -0.1) is 12.4 Å². The molecule has 2 saturated heterocycles. The number of benzene rings is 1. The van der Waals surface area contributed by atoms with E-state index in [9.17, 15) is 14.7 Å². The number of amides is 3. The maximum absolute atomic E-state index is 15.1. The van der Waals surface area contributed by atoms with Crippen molar-refractivity contribution < 1.29 is 24.0 Å². The molecule has 3 aliphatic rings. The van der Waals surface area contributed by atoms with Crippen molar-refractivity contribution in [3.63, 3.8) is 0 Å². The van der Waals surface area contributed by atoms with E-state index in [1.54, 1.807) is 13.8 Å². The van der Waals surface area contributed by atoms with Gasteiger partial charge in [0.15, 0.2) is 6.04 Å². The summed E-state index contributed by atoms with van der Waals surface area (Å²) in [6, 6.07) is 6.89. The fraction of sp³-hybridized carbons (Fsp3) is 0.750. The number of carbonyl (C=O) groups is 3. The molecule has 260 valence electrons. The standard InChI is InChI=1S/C36H57ClN4O4.ClH/c1-10-38-31(43)30-19-25(40(33(45)36(7,8)23-42)24-15-17-35(5,6)18-16-24)22-41(30,9)32(44)28-21-39(34(2,3)4)20-27(28)26-13-11-12-14-29(26)37;/h11-14,24-25,27-28,30,42H,10,15-23H2,1-9H3;1H/p+1/t25-,27-,28+,30-,41?;/m0./s1. The summed E-state index contributed by atoms with van der Waals surface area (Å²) < 4.78 is -0.0539. The van der Waals surface area contributed by atoms with Gasteiger partial charge in [-0.05, 0) is 84.3 Å². The molecule has 1 saturated carbocycles. The van der Waals surface area contributed by atoms with Gasteiger partial charge in [-0.3, -0.25) is 19.0 Å². The Morgan fingerprint density at radius 1 is 1.07 bits per heavy atom. The lowest BCUT2D eigenvalue weighted by Crippen LogP contribution is -2.62. The van der Waals surface area contributed by atoms with Crippen LogP contribution in [0, 0.1) is 16.7 Å². The normalized spacial score (nSPS) is 28.8. The molecule has 10 heteroatoms. The number of likely N-dealkylation sites (tertiary alicyclic amines) is 2. The number of aliphatic hydroxyl groups excluding tert-OH is 1. The van der Waals surface area contributed by atoms with Gasteiger partial charge in [0, 0.05) is 48.6 Å². The molecule has 4 rings (SSSR count). The first-order valence-corrected chi connectivity index (χ1v) is 17.3. The smallest absolute Gasteiger partial charge is 0.319 e. The van der Waals surface area contributed by atoms with Crippen LogP contribution in [0.5, 0.6) is 0 Å². The van der Waals surface area contributed by atoms with Crippen molar-refractivity contribution in [1.29, 1.82) is 0 Å². The summed E-state index contributed by atoms with van der Waals surface area (Å²) in [4.78, 5) is 47.5. The van der Waals surface area contributed by atoms with Gasteiger partial charge in [0.05, 0.1) is 31.0 Å². The second-order valence-electron chi connectivity index (χ2n) is 16.5. The quantitative estimate of drug-likeness (QED) is 0.347. The molecule has 0 radical (unpaired) electrons. The number of halogens is 2. The topological polar surface area (TPSA) is 90.0 Å². The number of rotatable bonds is 8. The van der Waals surface area contributed by atoms with E-state index in [2.05, 4.69) is 44.8 Å². The van der Waals surface area contributed by atoms with Crippen LogP contribution >= 0.6 is 24.0 Å². The predicted octanol–water partition coefficient (Wildman–Crippen LogP) is 5.64. The second kappa shape index (κ2) is 14.4. The van der Waals surface area contributed by atoms with Gasteiger partial charge in [-0.25, -0.2) is 4.79 Å². The van der Waals surface area contributed by atoms with Crippen molar-refractivity contribution in [2.75, 3.05) is 39.8 Å². The molecule has 2 aliphatic heterocycles. The molecule has 0 bridgehead atoms. The zero-order chi connectivity index (χ0) is 33.5. The zero-order valence-corrected chi connectivity index (χ0v) is 31.1. The Kier molecular flexibility index (Phi) is 12.1. The van der Waals surface area contributed by atoms with Gasteiger partial charge in [-0.1, -0.05) is 43.6 Å². The maximum Gasteiger partial charge on any atom is 0.319 e. The number of hydrogen-bond acceptors (Lipinski definition) is 5. The molecular formula is C36H59Cl2N4O4+. The van der Waals surface area contributed by atoms with Gasteiger partial charge in [0.25, 0.3) is 5.91 Å². The van der Waals surface area contributed by atoms with E-state index < -0.39 is 11.5 Å². The lowest BCUT2D eigenvalue weighted by atomic mass is 9.74. The Morgan fingerprint density at radius 3 is 2.22 bits per heavy atom. The summed E-state index contributed by atoms with van der Waals surface area (Å²) in [5, 5.41) is 13.9. The zero-order valence-electron chi connectivity index (χ0n) is 29.6. The van der Waals surface area contributed by atoms with Crippen LogP contribution in [-0.4, -0.2) is 101 Å². The van der Waals surface area contributed by atoms with Crippen LogP contribution < -0.4 is 5.32 Å². The molecule has 3 amide bonds. The Hall–Kier alpha value is -1.71. The number of nitrogens with one attached hydrogen (secondary N) is 1. The van der Waals surface area contributed by atoms with Gasteiger partial charge >= 0.3 is 5.91 Å². The summed E-state index contributed by atoms with van der Waals surface area (Å²) in [7, 11) is 1.91. The molecule has 0 spiro atoms. The molecule has 2 N–H and O–H groups in total. The van der Waals surface area contributed by atoms with Crippen molar-refractivity contribution in [2.45, 2.75) is 117 Å². The highest BCUT2D eigenvalue weighted by Gasteiger charge is 2.60. The molecule has 1 aromatic carbocycles. The molecule has 3 fully saturated rings. The summed E-state index contributed by atoms with van der Waals surface area (Å²) in [6.45, 7) is 18.4. The van der Waals surface area contributed by atoms with E-state index in [-0.39, 0.29) is 76.1 Å². The predicted molar refractivity (Wildman–Crippen MR) is 187 cm³/mol. The fourth-order valence-electron chi connectivity index (χ4n) is 8.01. The van der Waals surface area contributed by atoms with E-state index in [1.165, 1.54) is 0 Å². The first-order valence-electron chi connectivity index (χ1n) is 17.0. The van der Waals surface area contributed by atoms with E-state index in [0.717, 1.165) is 31.2 Å². The second-order valence-corrected chi connectivity index (χ2v) is 17.0. The molecule has 46 heavy (non-hydrogen) atoms. The Bertz CT molecular complexity index is 1250. The number of aliphatic hydroxyl groups is 1. The minimum absolute atomic E-state index is 0. The number of likely N-dealkylation sites (N-methyl/N-ethyl adjacent to an activating group) is 2.